The van der Waals surface area contributed by atoms with Crippen LogP contribution in [-0.4, -0.2) is 4.57 Å². The van der Waals surface area contributed by atoms with Gasteiger partial charge in [-0.15, -0.1) is 11.3 Å². The molecule has 0 saturated heterocycles. The summed E-state index contributed by atoms with van der Waals surface area (Å²) in [7, 11) is 2.15. The fourth-order valence-electron chi connectivity index (χ4n) is 1.98. The molecule has 0 bridgehead atoms. The van der Waals surface area contributed by atoms with Crippen LogP contribution in [0, 0.1) is 6.92 Å². The minimum atomic E-state index is 0.678. The first kappa shape index (κ1) is 9.78. The van der Waals surface area contributed by atoms with E-state index < -0.39 is 0 Å². The van der Waals surface area contributed by atoms with Gasteiger partial charge in [-0.05, 0) is 35.8 Å². The highest BCUT2D eigenvalue weighted by Gasteiger charge is 2.14. The van der Waals surface area contributed by atoms with Crippen molar-refractivity contribution in [3.63, 3.8) is 0 Å². The lowest BCUT2D eigenvalue weighted by atomic mass is 10.0. The Bertz CT molecular complexity index is 450. The van der Waals surface area contributed by atoms with E-state index in [0.717, 1.165) is 0 Å². The molecule has 0 fully saturated rings. The lowest BCUT2D eigenvalue weighted by Gasteiger charge is -2.04. The molecule has 2 heterocycles. The molecule has 2 aromatic rings. The van der Waals surface area contributed by atoms with Crippen LogP contribution in [0.3, 0.4) is 0 Å². The summed E-state index contributed by atoms with van der Waals surface area (Å²) in [4.78, 5) is 0. The van der Waals surface area contributed by atoms with E-state index in [0.29, 0.717) is 5.92 Å². The third-order valence-electron chi connectivity index (χ3n) is 3.03. The van der Waals surface area contributed by atoms with Gasteiger partial charge in [0.25, 0.3) is 0 Å². The van der Waals surface area contributed by atoms with Gasteiger partial charge in [0.1, 0.15) is 0 Å². The van der Waals surface area contributed by atoms with Crippen LogP contribution in [0.5, 0.6) is 0 Å². The lowest BCUT2D eigenvalue weighted by molar-refractivity contribution is 0.735. The fraction of sp³-hybridized carbons (Fsp3) is 0.500. The molecule has 0 aromatic carbocycles. The third-order valence-corrected chi connectivity index (χ3v) is 4.17. The monoisotopic (exact) mass is 207 g/mol. The largest absolute Gasteiger partial charge is 0.349 e. The van der Waals surface area contributed by atoms with E-state index in [9.17, 15) is 0 Å². The van der Waals surface area contributed by atoms with Crippen LogP contribution in [0.2, 0.25) is 0 Å². The van der Waals surface area contributed by atoms with Crippen molar-refractivity contribution in [2.45, 2.75) is 33.1 Å². The number of hydrogen-bond donors (Lipinski definition) is 0. The molecule has 0 N–H and O–H groups in total. The van der Waals surface area contributed by atoms with E-state index in [1.54, 1.807) is 0 Å². The minimum absolute atomic E-state index is 0.678. The molecule has 0 amide bonds. The number of aryl methyl sites for hydroxylation is 2. The van der Waals surface area contributed by atoms with Crippen molar-refractivity contribution >= 4 is 21.6 Å². The number of nitrogens with zero attached hydrogens (tertiary/aromatic N) is 1. The molecule has 14 heavy (non-hydrogen) atoms. The Morgan fingerprint density at radius 1 is 1.50 bits per heavy atom. The summed E-state index contributed by atoms with van der Waals surface area (Å²) < 4.78 is 3.75. The maximum Gasteiger partial charge on any atom is 0.0619 e. The van der Waals surface area contributed by atoms with Gasteiger partial charge in [-0.25, -0.2) is 0 Å². The van der Waals surface area contributed by atoms with Crippen LogP contribution in [0.25, 0.3) is 10.2 Å². The molecule has 1 atom stereocenters. The summed E-state index contributed by atoms with van der Waals surface area (Å²) in [5, 5.41) is 2.26. The minimum Gasteiger partial charge on any atom is -0.349 e. The smallest absolute Gasteiger partial charge is 0.0619 e. The summed E-state index contributed by atoms with van der Waals surface area (Å²) in [6.45, 7) is 6.76. The summed E-state index contributed by atoms with van der Waals surface area (Å²) in [6, 6.07) is 0. The Morgan fingerprint density at radius 2 is 2.21 bits per heavy atom. The third kappa shape index (κ3) is 1.29. The molecule has 0 aliphatic heterocycles. The highest BCUT2D eigenvalue weighted by Crippen LogP contribution is 2.34. The van der Waals surface area contributed by atoms with E-state index in [1.165, 1.54) is 27.8 Å². The fourth-order valence-corrected chi connectivity index (χ4v) is 3.20. The summed E-state index contributed by atoms with van der Waals surface area (Å²) >= 11 is 1.88. The van der Waals surface area contributed by atoms with Gasteiger partial charge in [0.05, 0.1) is 10.2 Å². The number of aromatic nitrogens is 1. The number of rotatable bonds is 2. The van der Waals surface area contributed by atoms with Crippen LogP contribution >= 0.6 is 11.3 Å². The Kier molecular flexibility index (Phi) is 2.40. The Hall–Kier alpha value is -0.760. The predicted molar refractivity (Wildman–Crippen MR) is 64.2 cm³/mol. The molecule has 0 saturated carbocycles. The van der Waals surface area contributed by atoms with Gasteiger partial charge in [0.2, 0.25) is 0 Å². The van der Waals surface area contributed by atoms with Gasteiger partial charge in [-0.1, -0.05) is 13.8 Å². The number of fused-ring (bicyclic) bond motifs is 1. The van der Waals surface area contributed by atoms with Crippen LogP contribution in [0.15, 0.2) is 11.6 Å². The van der Waals surface area contributed by atoms with Gasteiger partial charge in [-0.3, -0.25) is 0 Å². The van der Waals surface area contributed by atoms with Gasteiger partial charge < -0.3 is 4.57 Å². The molecule has 76 valence electrons. The predicted octanol–water partition coefficient (Wildman–Crippen LogP) is 4.06. The van der Waals surface area contributed by atoms with Gasteiger partial charge in [-0.2, -0.15) is 0 Å². The Labute approximate surface area is 89.4 Å². The van der Waals surface area contributed by atoms with Crippen molar-refractivity contribution in [1.82, 2.24) is 4.57 Å². The average molecular weight is 207 g/mol. The molecule has 0 radical (unpaired) electrons. The first-order valence-electron chi connectivity index (χ1n) is 5.18. The SMILES string of the molecule is CCC(C)c1cn(C)c2c(C)csc12. The van der Waals surface area contributed by atoms with Crippen LogP contribution in [0.1, 0.15) is 37.3 Å². The zero-order valence-corrected chi connectivity index (χ0v) is 10.1. The topological polar surface area (TPSA) is 4.93 Å². The van der Waals surface area contributed by atoms with E-state index in [1.807, 2.05) is 11.3 Å². The van der Waals surface area contributed by atoms with Crippen molar-refractivity contribution in [2.75, 3.05) is 0 Å². The molecular formula is C12H17NS. The van der Waals surface area contributed by atoms with Crippen LogP contribution in [0.4, 0.5) is 0 Å². The molecule has 0 aliphatic carbocycles. The second-order valence-electron chi connectivity index (χ2n) is 4.10. The Morgan fingerprint density at radius 3 is 2.86 bits per heavy atom. The second kappa shape index (κ2) is 3.43. The zero-order valence-electron chi connectivity index (χ0n) is 9.29. The summed E-state index contributed by atoms with van der Waals surface area (Å²) in [5.41, 5.74) is 4.34. The lowest BCUT2D eigenvalue weighted by Crippen LogP contribution is -1.89. The molecular weight excluding hydrogens is 190 g/mol. The second-order valence-corrected chi connectivity index (χ2v) is 4.98. The molecule has 0 aliphatic rings. The zero-order chi connectivity index (χ0) is 10.3. The standard InChI is InChI=1S/C12H17NS/c1-5-8(2)10-6-13(4)11-9(3)7-14-12(10)11/h6-8H,5H2,1-4H3. The van der Waals surface area contributed by atoms with Crippen molar-refractivity contribution < 1.29 is 0 Å². The highest BCUT2D eigenvalue weighted by molar-refractivity contribution is 7.17. The van der Waals surface area contributed by atoms with Crippen molar-refractivity contribution in [2.24, 2.45) is 7.05 Å². The molecule has 1 unspecified atom stereocenters. The van der Waals surface area contributed by atoms with Gasteiger partial charge >= 0.3 is 0 Å². The van der Waals surface area contributed by atoms with E-state index >= 15 is 0 Å². The van der Waals surface area contributed by atoms with Gasteiger partial charge in [0.15, 0.2) is 0 Å². The molecule has 2 aromatic heterocycles. The van der Waals surface area contributed by atoms with E-state index in [-0.39, 0.29) is 0 Å². The first-order chi connectivity index (χ1) is 6.65. The quantitative estimate of drug-likeness (QED) is 0.700. The van der Waals surface area contributed by atoms with Crippen molar-refractivity contribution in [3.8, 4) is 0 Å². The molecule has 2 rings (SSSR count). The van der Waals surface area contributed by atoms with E-state index in [2.05, 4.69) is 44.0 Å². The van der Waals surface area contributed by atoms with Gasteiger partial charge in [0, 0.05) is 13.2 Å². The van der Waals surface area contributed by atoms with Crippen molar-refractivity contribution in [3.05, 3.63) is 22.7 Å². The number of thiophene rings is 1. The first-order valence-corrected chi connectivity index (χ1v) is 6.06. The van der Waals surface area contributed by atoms with Crippen LogP contribution in [-0.2, 0) is 7.05 Å². The van der Waals surface area contributed by atoms with Crippen molar-refractivity contribution in [1.29, 1.82) is 0 Å². The van der Waals surface area contributed by atoms with E-state index in [4.69, 9.17) is 0 Å². The normalized spacial score (nSPS) is 13.7. The molecule has 0 spiro atoms. The summed E-state index contributed by atoms with van der Waals surface area (Å²) in [5.74, 6) is 0.678. The average Bonchev–Trinajstić information content (AvgIpc) is 2.68. The van der Waals surface area contributed by atoms with Crippen LogP contribution < -0.4 is 0 Å². The summed E-state index contributed by atoms with van der Waals surface area (Å²) in [6.07, 6.45) is 3.51. The molecule has 1 nitrogen and oxygen atoms in total. The highest BCUT2D eigenvalue weighted by atomic mass is 32.1. The Balaban J connectivity index is 2.67. The molecule has 2 heteroatoms. The maximum atomic E-state index is 2.31. The number of hydrogen-bond acceptors (Lipinski definition) is 1. The maximum absolute atomic E-state index is 2.31.